The quantitative estimate of drug-likeness (QED) is 0.802. The third-order valence-electron chi connectivity index (χ3n) is 2.55. The summed E-state index contributed by atoms with van der Waals surface area (Å²) >= 11 is 0. The van der Waals surface area contributed by atoms with Crippen LogP contribution in [0.25, 0.3) is 5.78 Å². The van der Waals surface area contributed by atoms with Gasteiger partial charge in [0, 0.05) is 12.7 Å². The number of amides is 1. The Morgan fingerprint density at radius 1 is 1.53 bits per heavy atom. The zero-order valence-corrected chi connectivity index (χ0v) is 9.92. The number of carbonyl (C=O) groups is 1. The zero-order chi connectivity index (χ0) is 14.0. The van der Waals surface area contributed by atoms with Gasteiger partial charge in [-0.05, 0) is 6.92 Å². The van der Waals surface area contributed by atoms with E-state index in [0.29, 0.717) is 11.5 Å². The van der Waals surface area contributed by atoms with Crippen molar-refractivity contribution >= 4 is 11.7 Å². The lowest BCUT2D eigenvalue weighted by Gasteiger charge is -2.11. The molecule has 2 rings (SSSR count). The minimum absolute atomic E-state index is 0.180. The SMILES string of the molecule is Cc1c(C(=O)NCC(O)C(F)F)cnc2ncnn12. The molecule has 1 amide bonds. The molecule has 1 unspecified atom stereocenters. The molecule has 2 aromatic rings. The topological polar surface area (TPSA) is 92.4 Å². The van der Waals surface area contributed by atoms with Gasteiger partial charge in [0.05, 0.1) is 11.3 Å². The first-order valence-electron chi connectivity index (χ1n) is 5.40. The number of hydrogen-bond donors (Lipinski definition) is 2. The first-order chi connectivity index (χ1) is 9.00. The van der Waals surface area contributed by atoms with Crippen LogP contribution >= 0.6 is 0 Å². The Bertz CT molecular complexity index is 601. The summed E-state index contributed by atoms with van der Waals surface area (Å²) < 4.78 is 25.5. The van der Waals surface area contributed by atoms with Crippen molar-refractivity contribution < 1.29 is 18.7 Å². The lowest BCUT2D eigenvalue weighted by molar-refractivity contribution is -0.00271. The summed E-state index contributed by atoms with van der Waals surface area (Å²) in [6, 6.07) is 0. The third-order valence-corrected chi connectivity index (χ3v) is 2.55. The van der Waals surface area contributed by atoms with E-state index < -0.39 is 25.0 Å². The Kier molecular flexibility index (Phi) is 3.65. The normalized spacial score (nSPS) is 12.9. The molecule has 2 N–H and O–H groups in total. The number of aromatic nitrogens is 4. The standard InChI is InChI=1S/C10H11F2N5O2/c1-5-6(2-14-10-15-4-16-17(5)10)9(19)13-3-7(18)8(11)12/h2,4,7-8,18H,3H2,1H3,(H,13,19). The molecule has 7 nitrogen and oxygen atoms in total. The average molecular weight is 271 g/mol. The number of rotatable bonds is 4. The molecule has 0 saturated carbocycles. The molecule has 9 heteroatoms. The van der Waals surface area contributed by atoms with E-state index in [-0.39, 0.29) is 5.56 Å². The van der Waals surface area contributed by atoms with Crippen molar-refractivity contribution in [2.24, 2.45) is 0 Å². The highest BCUT2D eigenvalue weighted by molar-refractivity contribution is 5.95. The molecule has 2 aromatic heterocycles. The van der Waals surface area contributed by atoms with E-state index in [9.17, 15) is 13.6 Å². The van der Waals surface area contributed by atoms with Crippen LogP contribution in [0.1, 0.15) is 16.1 Å². The molecule has 0 spiro atoms. The van der Waals surface area contributed by atoms with Crippen LogP contribution in [0.3, 0.4) is 0 Å². The fraction of sp³-hybridized carbons (Fsp3) is 0.400. The Hall–Kier alpha value is -2.16. The second-order valence-electron chi connectivity index (χ2n) is 3.84. The average Bonchev–Trinajstić information content (AvgIpc) is 2.85. The van der Waals surface area contributed by atoms with Gasteiger partial charge in [-0.2, -0.15) is 10.1 Å². The van der Waals surface area contributed by atoms with E-state index in [1.54, 1.807) is 6.92 Å². The van der Waals surface area contributed by atoms with Gasteiger partial charge in [0.2, 0.25) is 0 Å². The Morgan fingerprint density at radius 3 is 2.95 bits per heavy atom. The van der Waals surface area contributed by atoms with Crippen LogP contribution in [0.5, 0.6) is 0 Å². The highest BCUT2D eigenvalue weighted by Crippen LogP contribution is 2.07. The first kappa shape index (κ1) is 13.3. The van der Waals surface area contributed by atoms with Crippen LogP contribution in [0.4, 0.5) is 8.78 Å². The maximum Gasteiger partial charge on any atom is 0.265 e. The maximum absolute atomic E-state index is 12.1. The van der Waals surface area contributed by atoms with E-state index in [4.69, 9.17) is 5.11 Å². The van der Waals surface area contributed by atoms with Gasteiger partial charge in [0.15, 0.2) is 0 Å². The van der Waals surface area contributed by atoms with Crippen molar-refractivity contribution in [1.82, 2.24) is 24.9 Å². The summed E-state index contributed by atoms with van der Waals surface area (Å²) in [4.78, 5) is 19.5. The molecule has 0 aliphatic rings. The van der Waals surface area contributed by atoms with Gasteiger partial charge in [-0.3, -0.25) is 4.79 Å². The number of nitrogens with zero attached hydrogens (tertiary/aromatic N) is 4. The van der Waals surface area contributed by atoms with E-state index in [2.05, 4.69) is 20.4 Å². The Labute approximate surface area is 106 Å². The highest BCUT2D eigenvalue weighted by atomic mass is 19.3. The number of fused-ring (bicyclic) bond motifs is 1. The lowest BCUT2D eigenvalue weighted by Crippen LogP contribution is -2.36. The van der Waals surface area contributed by atoms with Crippen LogP contribution in [0.15, 0.2) is 12.5 Å². The van der Waals surface area contributed by atoms with Crippen molar-refractivity contribution in [1.29, 1.82) is 0 Å². The van der Waals surface area contributed by atoms with Crippen molar-refractivity contribution in [2.75, 3.05) is 6.54 Å². The number of carbonyl (C=O) groups excluding carboxylic acids is 1. The van der Waals surface area contributed by atoms with Gasteiger partial charge in [-0.15, -0.1) is 0 Å². The van der Waals surface area contributed by atoms with Crippen LogP contribution < -0.4 is 5.32 Å². The van der Waals surface area contributed by atoms with Crippen molar-refractivity contribution in [2.45, 2.75) is 19.5 Å². The number of halogens is 2. The first-order valence-corrected chi connectivity index (χ1v) is 5.40. The fourth-order valence-electron chi connectivity index (χ4n) is 1.49. The van der Waals surface area contributed by atoms with Crippen molar-refractivity contribution in [3.63, 3.8) is 0 Å². The van der Waals surface area contributed by atoms with Crippen LogP contribution in [0, 0.1) is 6.92 Å². The van der Waals surface area contributed by atoms with E-state index in [1.165, 1.54) is 17.0 Å². The van der Waals surface area contributed by atoms with Gasteiger partial charge < -0.3 is 10.4 Å². The predicted molar refractivity (Wildman–Crippen MR) is 59.9 cm³/mol. The molecule has 0 aromatic carbocycles. The van der Waals surface area contributed by atoms with E-state index in [0.717, 1.165) is 0 Å². The summed E-state index contributed by atoms with van der Waals surface area (Å²) in [7, 11) is 0. The second kappa shape index (κ2) is 5.22. The summed E-state index contributed by atoms with van der Waals surface area (Å²) in [5.41, 5.74) is 0.658. The minimum Gasteiger partial charge on any atom is -0.385 e. The summed E-state index contributed by atoms with van der Waals surface area (Å²) in [5.74, 6) is -0.274. The van der Waals surface area contributed by atoms with E-state index >= 15 is 0 Å². The van der Waals surface area contributed by atoms with Gasteiger partial charge >= 0.3 is 0 Å². The van der Waals surface area contributed by atoms with Crippen LogP contribution in [-0.4, -0.2) is 49.7 Å². The molecule has 0 aliphatic carbocycles. The molecule has 102 valence electrons. The third kappa shape index (κ3) is 2.65. The van der Waals surface area contributed by atoms with Crippen LogP contribution in [0.2, 0.25) is 0 Å². The zero-order valence-electron chi connectivity index (χ0n) is 9.92. The van der Waals surface area contributed by atoms with Crippen LogP contribution in [-0.2, 0) is 0 Å². The minimum atomic E-state index is -2.91. The van der Waals surface area contributed by atoms with Gasteiger partial charge in [0.25, 0.3) is 18.1 Å². The van der Waals surface area contributed by atoms with Crippen molar-refractivity contribution in [3.05, 3.63) is 23.8 Å². The molecule has 0 fully saturated rings. The number of hydrogen-bond acceptors (Lipinski definition) is 5. The summed E-state index contributed by atoms with van der Waals surface area (Å²) in [5, 5.41) is 15.0. The number of aliphatic hydroxyl groups excluding tert-OH is 1. The monoisotopic (exact) mass is 271 g/mol. The Balaban J connectivity index is 2.15. The molecule has 19 heavy (non-hydrogen) atoms. The number of aliphatic hydroxyl groups is 1. The van der Waals surface area contributed by atoms with Gasteiger partial charge in [-0.1, -0.05) is 0 Å². The molecule has 0 aliphatic heterocycles. The highest BCUT2D eigenvalue weighted by Gasteiger charge is 2.19. The molecular weight excluding hydrogens is 260 g/mol. The molecule has 1 atom stereocenters. The molecule has 0 radical (unpaired) electrons. The lowest BCUT2D eigenvalue weighted by atomic mass is 10.2. The Morgan fingerprint density at radius 2 is 2.26 bits per heavy atom. The number of nitrogens with one attached hydrogen (secondary N) is 1. The smallest absolute Gasteiger partial charge is 0.265 e. The molecular formula is C10H11F2N5O2. The molecule has 0 saturated heterocycles. The molecule has 2 heterocycles. The molecule has 0 bridgehead atoms. The van der Waals surface area contributed by atoms with Gasteiger partial charge in [0.1, 0.15) is 12.4 Å². The van der Waals surface area contributed by atoms with Gasteiger partial charge in [-0.25, -0.2) is 18.3 Å². The number of alkyl halides is 2. The summed E-state index contributed by atoms with van der Waals surface area (Å²) in [6.07, 6.45) is -2.23. The van der Waals surface area contributed by atoms with Crippen molar-refractivity contribution in [3.8, 4) is 0 Å². The largest absolute Gasteiger partial charge is 0.385 e. The summed E-state index contributed by atoms with van der Waals surface area (Å²) in [6.45, 7) is 1.09. The predicted octanol–water partition coefficient (Wildman–Crippen LogP) is -0.211. The fourth-order valence-corrected chi connectivity index (χ4v) is 1.49. The second-order valence-corrected chi connectivity index (χ2v) is 3.84. The number of aryl methyl sites for hydroxylation is 1. The maximum atomic E-state index is 12.1. The van der Waals surface area contributed by atoms with E-state index in [1.807, 2.05) is 0 Å².